The average Bonchev–Trinajstić information content (AvgIpc) is 2.83. The van der Waals surface area contributed by atoms with Crippen LogP contribution in [0.5, 0.6) is 0 Å². The van der Waals surface area contributed by atoms with Crippen molar-refractivity contribution in [1.82, 2.24) is 15.0 Å². The monoisotopic (exact) mass is 237 g/mol. The molecule has 0 amide bonds. The fourth-order valence-electron chi connectivity index (χ4n) is 1.97. The summed E-state index contributed by atoms with van der Waals surface area (Å²) in [5, 5.41) is 9.67. The third-order valence-electron chi connectivity index (χ3n) is 2.96. The number of hydrogen-bond donors (Lipinski definition) is 0. The fourth-order valence-corrected chi connectivity index (χ4v) is 1.97. The first-order valence-corrected chi connectivity index (χ1v) is 5.64. The SMILES string of the molecule is Cn1nncc1C(=O)c1ccc2ccccc2c1. The standard InChI is InChI=1S/C14H11N3O/c1-17-13(9-15-16-17)14(18)12-7-6-10-4-2-3-5-11(10)8-12/h2-9H,1H3. The Kier molecular flexibility index (Phi) is 2.41. The number of fused-ring (bicyclic) bond motifs is 1. The Morgan fingerprint density at radius 1 is 1.11 bits per heavy atom. The first kappa shape index (κ1) is 10.7. The first-order valence-electron chi connectivity index (χ1n) is 5.64. The largest absolute Gasteiger partial charge is 0.287 e. The van der Waals surface area contributed by atoms with E-state index in [4.69, 9.17) is 0 Å². The molecule has 1 heterocycles. The van der Waals surface area contributed by atoms with Gasteiger partial charge in [-0.05, 0) is 16.8 Å². The van der Waals surface area contributed by atoms with Crippen molar-refractivity contribution in [2.24, 2.45) is 7.05 Å². The van der Waals surface area contributed by atoms with Crippen LogP contribution in [-0.4, -0.2) is 20.8 Å². The second-order valence-electron chi connectivity index (χ2n) is 4.13. The van der Waals surface area contributed by atoms with Crippen LogP contribution in [0, 0.1) is 0 Å². The van der Waals surface area contributed by atoms with Crippen LogP contribution >= 0.6 is 0 Å². The summed E-state index contributed by atoms with van der Waals surface area (Å²) in [6.07, 6.45) is 1.48. The van der Waals surface area contributed by atoms with Gasteiger partial charge < -0.3 is 0 Å². The molecule has 88 valence electrons. The Morgan fingerprint density at radius 3 is 2.61 bits per heavy atom. The van der Waals surface area contributed by atoms with E-state index >= 15 is 0 Å². The average molecular weight is 237 g/mol. The highest BCUT2D eigenvalue weighted by molar-refractivity contribution is 6.09. The Morgan fingerprint density at radius 2 is 1.89 bits per heavy atom. The van der Waals surface area contributed by atoms with Crippen molar-refractivity contribution in [2.45, 2.75) is 0 Å². The lowest BCUT2D eigenvalue weighted by atomic mass is 10.0. The number of hydrogen-bond acceptors (Lipinski definition) is 3. The van der Waals surface area contributed by atoms with Crippen LogP contribution in [0.4, 0.5) is 0 Å². The van der Waals surface area contributed by atoms with Gasteiger partial charge in [0, 0.05) is 12.6 Å². The van der Waals surface area contributed by atoms with Crippen LogP contribution in [-0.2, 0) is 7.05 Å². The van der Waals surface area contributed by atoms with Gasteiger partial charge >= 0.3 is 0 Å². The van der Waals surface area contributed by atoms with E-state index in [9.17, 15) is 4.79 Å². The van der Waals surface area contributed by atoms with Gasteiger partial charge in [-0.2, -0.15) is 0 Å². The minimum atomic E-state index is -0.0618. The van der Waals surface area contributed by atoms with E-state index in [1.54, 1.807) is 7.05 Å². The summed E-state index contributed by atoms with van der Waals surface area (Å²) in [6, 6.07) is 13.6. The van der Waals surface area contributed by atoms with Crippen LogP contribution in [0.15, 0.2) is 48.7 Å². The molecule has 0 aliphatic carbocycles. The van der Waals surface area contributed by atoms with E-state index in [1.165, 1.54) is 10.9 Å². The number of ketones is 1. The van der Waals surface area contributed by atoms with E-state index < -0.39 is 0 Å². The first-order chi connectivity index (χ1) is 8.75. The molecular weight excluding hydrogens is 226 g/mol. The number of carbonyl (C=O) groups excluding carboxylic acids is 1. The minimum Gasteiger partial charge on any atom is -0.287 e. The van der Waals surface area contributed by atoms with E-state index in [1.807, 2.05) is 42.5 Å². The highest BCUT2D eigenvalue weighted by Crippen LogP contribution is 2.17. The maximum atomic E-state index is 12.3. The fraction of sp³-hybridized carbons (Fsp3) is 0.0714. The molecule has 0 aliphatic heterocycles. The van der Waals surface area contributed by atoms with Crippen molar-refractivity contribution in [1.29, 1.82) is 0 Å². The summed E-state index contributed by atoms with van der Waals surface area (Å²) < 4.78 is 1.48. The Hall–Kier alpha value is -2.49. The molecule has 0 saturated carbocycles. The highest BCUT2D eigenvalue weighted by atomic mass is 16.1. The molecule has 18 heavy (non-hydrogen) atoms. The van der Waals surface area contributed by atoms with Crippen LogP contribution in [0.1, 0.15) is 16.1 Å². The predicted molar refractivity (Wildman–Crippen MR) is 68.4 cm³/mol. The van der Waals surface area contributed by atoms with E-state index in [0.717, 1.165) is 10.8 Å². The third-order valence-corrected chi connectivity index (χ3v) is 2.96. The lowest BCUT2D eigenvalue weighted by Crippen LogP contribution is -2.08. The molecular formula is C14H11N3O. The minimum absolute atomic E-state index is 0.0618. The number of benzene rings is 2. The second kappa shape index (κ2) is 4.07. The van der Waals surface area contributed by atoms with Crippen molar-refractivity contribution in [3.8, 4) is 0 Å². The zero-order chi connectivity index (χ0) is 12.5. The molecule has 1 aromatic heterocycles. The molecule has 0 aliphatic rings. The molecule has 0 fully saturated rings. The smallest absolute Gasteiger partial charge is 0.212 e. The molecule has 0 saturated heterocycles. The van der Waals surface area contributed by atoms with Crippen LogP contribution in [0.25, 0.3) is 10.8 Å². The normalized spacial score (nSPS) is 10.7. The molecule has 0 bridgehead atoms. The topological polar surface area (TPSA) is 47.8 Å². The maximum absolute atomic E-state index is 12.3. The third kappa shape index (κ3) is 1.68. The highest BCUT2D eigenvalue weighted by Gasteiger charge is 2.13. The molecule has 0 unspecified atom stereocenters. The zero-order valence-corrected chi connectivity index (χ0v) is 9.87. The molecule has 3 aromatic rings. The summed E-state index contributed by atoms with van der Waals surface area (Å²) in [5.74, 6) is -0.0618. The summed E-state index contributed by atoms with van der Waals surface area (Å²) in [7, 11) is 1.71. The van der Waals surface area contributed by atoms with Crippen molar-refractivity contribution in [2.75, 3.05) is 0 Å². The van der Waals surface area contributed by atoms with Crippen molar-refractivity contribution < 1.29 is 4.79 Å². The summed E-state index contributed by atoms with van der Waals surface area (Å²) in [6.45, 7) is 0. The number of aromatic nitrogens is 3. The Labute approximate surface area is 104 Å². The van der Waals surface area contributed by atoms with Crippen LogP contribution in [0.3, 0.4) is 0 Å². The summed E-state index contributed by atoms with van der Waals surface area (Å²) >= 11 is 0. The number of carbonyl (C=O) groups is 1. The Bertz CT molecular complexity index is 730. The van der Waals surface area contributed by atoms with Gasteiger partial charge in [-0.25, -0.2) is 4.68 Å². The summed E-state index contributed by atoms with van der Waals surface area (Å²) in [4.78, 5) is 12.3. The Balaban J connectivity index is 2.10. The van der Waals surface area contributed by atoms with Gasteiger partial charge in [-0.3, -0.25) is 4.79 Å². The van der Waals surface area contributed by atoms with Crippen LogP contribution < -0.4 is 0 Å². The van der Waals surface area contributed by atoms with Gasteiger partial charge in [0.15, 0.2) is 0 Å². The molecule has 0 spiro atoms. The molecule has 4 heteroatoms. The lowest BCUT2D eigenvalue weighted by Gasteiger charge is -2.02. The molecule has 3 rings (SSSR count). The van der Waals surface area contributed by atoms with E-state index in [0.29, 0.717) is 11.3 Å². The maximum Gasteiger partial charge on any atom is 0.212 e. The van der Waals surface area contributed by atoms with Crippen molar-refractivity contribution in [3.05, 3.63) is 59.9 Å². The lowest BCUT2D eigenvalue weighted by molar-refractivity contribution is 0.103. The number of nitrogens with zero attached hydrogens (tertiary/aromatic N) is 3. The van der Waals surface area contributed by atoms with Gasteiger partial charge in [0.1, 0.15) is 5.69 Å². The van der Waals surface area contributed by atoms with Gasteiger partial charge in [0.25, 0.3) is 0 Å². The van der Waals surface area contributed by atoms with Crippen LogP contribution in [0.2, 0.25) is 0 Å². The molecule has 0 N–H and O–H groups in total. The molecule has 4 nitrogen and oxygen atoms in total. The number of rotatable bonds is 2. The number of aryl methyl sites for hydroxylation is 1. The molecule has 2 aromatic carbocycles. The molecule has 0 radical (unpaired) electrons. The van der Waals surface area contributed by atoms with Gasteiger partial charge in [-0.1, -0.05) is 41.6 Å². The van der Waals surface area contributed by atoms with Crippen molar-refractivity contribution >= 4 is 16.6 Å². The van der Waals surface area contributed by atoms with Gasteiger partial charge in [0.05, 0.1) is 6.20 Å². The van der Waals surface area contributed by atoms with Gasteiger partial charge in [-0.15, -0.1) is 5.10 Å². The van der Waals surface area contributed by atoms with Crippen molar-refractivity contribution in [3.63, 3.8) is 0 Å². The second-order valence-corrected chi connectivity index (χ2v) is 4.13. The quantitative estimate of drug-likeness (QED) is 0.642. The van der Waals surface area contributed by atoms with E-state index in [2.05, 4.69) is 10.3 Å². The van der Waals surface area contributed by atoms with E-state index in [-0.39, 0.29) is 5.78 Å². The summed E-state index contributed by atoms with van der Waals surface area (Å²) in [5.41, 5.74) is 1.14. The van der Waals surface area contributed by atoms with Gasteiger partial charge in [0.2, 0.25) is 5.78 Å². The predicted octanol–water partition coefficient (Wildman–Crippen LogP) is 2.20. The molecule has 0 atom stereocenters. The zero-order valence-electron chi connectivity index (χ0n) is 9.87.